The van der Waals surface area contributed by atoms with Gasteiger partial charge in [0.15, 0.2) is 0 Å². The zero-order valence-electron chi connectivity index (χ0n) is 5.52. The van der Waals surface area contributed by atoms with Gasteiger partial charge in [-0.25, -0.2) is 0 Å². The van der Waals surface area contributed by atoms with Crippen LogP contribution in [0.3, 0.4) is 0 Å². The monoisotopic (exact) mass is 215 g/mol. The molecule has 0 aromatic rings. The second-order valence-electron chi connectivity index (χ2n) is 1.54. The van der Waals surface area contributed by atoms with Crippen LogP contribution in [0.1, 0.15) is 0 Å². The van der Waals surface area contributed by atoms with Gasteiger partial charge in [-0.05, 0) is 0 Å². The molecule has 0 spiro atoms. The molecule has 0 aliphatic rings. The van der Waals surface area contributed by atoms with Crippen LogP contribution >= 0.6 is 0 Å². The second kappa shape index (κ2) is 4.31. The van der Waals surface area contributed by atoms with Crippen LogP contribution in [-0.2, 0) is 0 Å². The van der Waals surface area contributed by atoms with Crippen molar-refractivity contribution >= 4 is 13.9 Å². The van der Waals surface area contributed by atoms with Gasteiger partial charge in [-0.1, -0.05) is 0 Å². The Balaban J connectivity index is 4.94. The Morgan fingerprint density at radius 3 is 1.36 bits per heavy atom. The van der Waals surface area contributed by atoms with Crippen molar-refractivity contribution in [2.24, 2.45) is 12.2 Å². The van der Waals surface area contributed by atoms with E-state index in [0.717, 1.165) is 0 Å². The van der Waals surface area contributed by atoms with Crippen LogP contribution < -0.4 is 0 Å². The Kier molecular flexibility index (Phi) is 3.72. The summed E-state index contributed by atoms with van der Waals surface area (Å²) in [5, 5.41) is 0. The third-order valence-electron chi connectivity index (χ3n) is 0.702. The van der Waals surface area contributed by atoms with Gasteiger partial charge in [-0.3, -0.25) is 0 Å². The fourth-order valence-electron chi connectivity index (χ4n) is 0.314. The Labute approximate surface area is 63.9 Å². The van der Waals surface area contributed by atoms with Gasteiger partial charge in [0.1, 0.15) is 0 Å². The summed E-state index contributed by atoms with van der Waals surface area (Å²) >= 11 is -3.61. The Morgan fingerprint density at radius 2 is 1.18 bits per heavy atom. The summed E-state index contributed by atoms with van der Waals surface area (Å²) < 4.78 is 9.49. The minimum absolute atomic E-state index is 1.37. The molecule has 0 rings (SSSR count). The third-order valence-corrected chi connectivity index (χ3v) is 3.65. The fourth-order valence-corrected chi connectivity index (χ4v) is 1.63. The van der Waals surface area contributed by atoms with Crippen LogP contribution in [-0.4, -0.2) is 13.9 Å². The van der Waals surface area contributed by atoms with E-state index in [1.807, 2.05) is 0 Å². The average Bonchev–Trinajstić information content (AvgIpc) is 1.88. The van der Waals surface area contributed by atoms with Gasteiger partial charge >= 0.3 is 63.2 Å². The van der Waals surface area contributed by atoms with E-state index >= 15 is 0 Å². The van der Waals surface area contributed by atoms with Crippen molar-refractivity contribution < 1.29 is 0 Å². The molecule has 0 unspecified atom stereocenters. The van der Waals surface area contributed by atoms with Crippen LogP contribution in [0.25, 0.3) is 31.3 Å². The Bertz CT molecular complexity index is 226. The minimum atomic E-state index is -3.61. The maximum absolute atomic E-state index is 7.99. The zero-order valence-corrected chi connectivity index (χ0v) is 7.62. The third kappa shape index (κ3) is 3.24. The van der Waals surface area contributed by atoms with E-state index in [0.29, 0.717) is 0 Å². The first-order chi connectivity index (χ1) is 5.18. The van der Waals surface area contributed by atoms with Gasteiger partial charge in [-0.15, -0.1) is 0 Å². The molecule has 0 saturated carbocycles. The van der Waals surface area contributed by atoms with Gasteiger partial charge in [-0.2, -0.15) is 0 Å². The predicted molar refractivity (Wildman–Crippen MR) is 39.1 cm³/mol. The van der Waals surface area contributed by atoms with E-state index < -0.39 is 13.9 Å². The summed E-state index contributed by atoms with van der Waals surface area (Å²) in [6.07, 6.45) is 0. The molecule has 0 aliphatic carbocycles. The van der Waals surface area contributed by atoms with Crippen LogP contribution in [0.15, 0.2) is 12.2 Å². The first-order valence-corrected chi connectivity index (χ1v) is 7.28. The van der Waals surface area contributed by atoms with Crippen LogP contribution in [0.5, 0.6) is 0 Å². The van der Waals surface area contributed by atoms with Crippen LogP contribution in [0, 0.1) is 0 Å². The summed E-state index contributed by atoms with van der Waals surface area (Å²) in [6, 6.07) is 0. The van der Waals surface area contributed by atoms with Crippen LogP contribution in [0.4, 0.5) is 0 Å². The summed E-state index contributed by atoms with van der Waals surface area (Å²) in [4.78, 5) is 7.27. The molecule has 0 heterocycles. The molecule has 0 amide bonds. The number of rotatable bonds is 3. The first kappa shape index (κ1) is 9.47. The Morgan fingerprint density at radius 1 is 0.909 bits per heavy atom. The number of nitrogens with zero attached hydrogens (tertiary/aromatic N) is 9. The molecule has 0 bridgehead atoms. The molecule has 10 heteroatoms. The van der Waals surface area contributed by atoms with Crippen molar-refractivity contribution in [2.75, 3.05) is 0 Å². The molecule has 0 aromatic carbocycles. The van der Waals surface area contributed by atoms with E-state index in [-0.39, 0.29) is 0 Å². The first-order valence-electron chi connectivity index (χ1n) is 2.37. The summed E-state index contributed by atoms with van der Waals surface area (Å²) in [5.74, 6) is 1.37. The number of azide groups is 1. The molecule has 0 N–H and O–H groups in total. The van der Waals surface area contributed by atoms with E-state index in [9.17, 15) is 0 Å². The summed E-state index contributed by atoms with van der Waals surface area (Å²) in [7, 11) is 0. The molecule has 0 aromatic heterocycles. The van der Waals surface area contributed by atoms with E-state index in [1.54, 1.807) is 0 Å². The molecular weight excluding hydrogens is 211 g/mol. The summed E-state index contributed by atoms with van der Waals surface area (Å²) in [5.41, 5.74) is 24.0. The number of hydrogen-bond donors (Lipinski definition) is 0. The zero-order chi connectivity index (χ0) is 8.74. The molecule has 9 nitrogen and oxygen atoms in total. The topological polar surface area (TPSA) is 146 Å². The fraction of sp³-hybridized carbons (Fsp3) is 1.00. The van der Waals surface area contributed by atoms with Gasteiger partial charge < -0.3 is 0 Å². The van der Waals surface area contributed by atoms with E-state index in [1.165, 1.54) is 5.76 Å². The average molecular weight is 214 g/mol. The normalized spacial score (nSPS) is 12.8. The van der Waals surface area contributed by atoms with Gasteiger partial charge in [0.05, 0.1) is 0 Å². The molecule has 0 aliphatic heterocycles. The van der Waals surface area contributed by atoms with E-state index in [2.05, 4.69) is 26.9 Å². The van der Waals surface area contributed by atoms with E-state index in [4.69, 9.17) is 16.6 Å². The Hall–Kier alpha value is -1.53. The molecule has 0 saturated heterocycles. The van der Waals surface area contributed by atoms with Gasteiger partial charge in [0.25, 0.3) is 0 Å². The van der Waals surface area contributed by atoms with Gasteiger partial charge in [0.2, 0.25) is 0 Å². The van der Waals surface area contributed by atoms with Crippen LogP contribution in [0.2, 0.25) is 5.76 Å². The molecule has 0 radical (unpaired) electrons. The number of hydrogen-bond acceptors (Lipinski definition) is 3. The molecule has 0 atom stereocenters. The molecule has 56 valence electrons. The van der Waals surface area contributed by atoms with Crippen molar-refractivity contribution in [3.05, 3.63) is 31.3 Å². The van der Waals surface area contributed by atoms with Crippen molar-refractivity contribution in [3.63, 3.8) is 0 Å². The second-order valence-corrected chi connectivity index (χ2v) is 6.87. The standard InChI is InChI=1S/CH3GeN9/c1-2(6-9-3,7-10-4)8-11-5/h1H3. The van der Waals surface area contributed by atoms with Crippen molar-refractivity contribution in [1.29, 1.82) is 0 Å². The molecule has 11 heavy (non-hydrogen) atoms. The quantitative estimate of drug-likeness (QED) is 0.293. The summed E-state index contributed by atoms with van der Waals surface area (Å²) in [6.45, 7) is 0. The molecular formula is CH3GeN9. The molecule has 0 fully saturated rings. The van der Waals surface area contributed by atoms with Crippen molar-refractivity contribution in [1.82, 2.24) is 0 Å². The van der Waals surface area contributed by atoms with Gasteiger partial charge in [0, 0.05) is 0 Å². The predicted octanol–water partition coefficient (Wildman–Crippen LogP) is 2.49. The maximum atomic E-state index is 7.99. The SMILES string of the molecule is [CH3][Ge]([N]=[N+]=[N-])([N]=[N+]=[N-])[N]=[N+]=[N-]. The van der Waals surface area contributed by atoms with Crippen molar-refractivity contribution in [2.45, 2.75) is 5.76 Å². The van der Waals surface area contributed by atoms with Crippen molar-refractivity contribution in [3.8, 4) is 0 Å².